The standard InChI is InChI=1S/C42H67NO5/c1-26(2)28-16-21-42(32(44)25-43-27-12-10-11-13-27)23-22-40(8)29(35(28)42)14-15-31-39(7)19-18-33(48-34(45)24-37(3,4)36(46)47)38(5,6)30(39)17-20-41(31,40)9/h26-27,29-31,33,43H,10-25H2,1-9H3,(H,46,47). The van der Waals surface area contributed by atoms with Crippen LogP contribution < -0.4 is 5.32 Å². The summed E-state index contributed by atoms with van der Waals surface area (Å²) in [7, 11) is 0. The monoisotopic (exact) mass is 666 g/mol. The molecule has 48 heavy (non-hydrogen) atoms. The van der Waals surface area contributed by atoms with E-state index in [1.807, 2.05) is 0 Å². The predicted molar refractivity (Wildman–Crippen MR) is 190 cm³/mol. The second kappa shape index (κ2) is 12.2. The van der Waals surface area contributed by atoms with Gasteiger partial charge in [0.2, 0.25) is 0 Å². The Morgan fingerprint density at radius 1 is 0.854 bits per heavy atom. The number of esters is 1. The number of hydrogen-bond acceptors (Lipinski definition) is 5. The summed E-state index contributed by atoms with van der Waals surface area (Å²) >= 11 is 0. The summed E-state index contributed by atoms with van der Waals surface area (Å²) < 4.78 is 6.18. The Labute approximate surface area is 291 Å². The van der Waals surface area contributed by atoms with Gasteiger partial charge in [-0.2, -0.15) is 0 Å². The molecule has 8 unspecified atom stereocenters. The molecular weight excluding hydrogens is 598 g/mol. The third-order valence-corrected chi connectivity index (χ3v) is 16.5. The van der Waals surface area contributed by atoms with Crippen LogP contribution in [0.25, 0.3) is 0 Å². The average molecular weight is 666 g/mol. The Hall–Kier alpha value is -1.69. The summed E-state index contributed by atoms with van der Waals surface area (Å²) in [6.45, 7) is 20.9. The van der Waals surface area contributed by atoms with Gasteiger partial charge in [-0.05, 0) is 131 Å². The van der Waals surface area contributed by atoms with Gasteiger partial charge >= 0.3 is 11.9 Å². The molecule has 0 spiro atoms. The molecule has 0 radical (unpaired) electrons. The van der Waals surface area contributed by atoms with Crippen molar-refractivity contribution in [2.75, 3.05) is 6.54 Å². The van der Waals surface area contributed by atoms with Gasteiger partial charge in [0.05, 0.1) is 23.8 Å². The van der Waals surface area contributed by atoms with Crippen LogP contribution in [0.4, 0.5) is 0 Å². The zero-order valence-electron chi connectivity index (χ0n) is 31.9. The first-order valence-electron chi connectivity index (χ1n) is 19.8. The lowest BCUT2D eigenvalue weighted by Gasteiger charge is -2.72. The molecule has 0 bridgehead atoms. The van der Waals surface area contributed by atoms with Crippen LogP contribution in [0.2, 0.25) is 0 Å². The second-order valence-electron chi connectivity index (χ2n) is 19.8. The van der Waals surface area contributed by atoms with Crippen molar-refractivity contribution in [2.45, 2.75) is 171 Å². The van der Waals surface area contributed by atoms with Gasteiger partial charge < -0.3 is 15.2 Å². The van der Waals surface area contributed by atoms with Crippen molar-refractivity contribution < 1.29 is 24.2 Å². The van der Waals surface area contributed by atoms with Gasteiger partial charge in [-0.1, -0.05) is 72.5 Å². The van der Waals surface area contributed by atoms with Gasteiger partial charge in [0, 0.05) is 11.5 Å². The van der Waals surface area contributed by atoms with Crippen molar-refractivity contribution in [2.24, 2.45) is 56.2 Å². The molecule has 0 amide bonds. The van der Waals surface area contributed by atoms with Gasteiger partial charge in [-0.15, -0.1) is 0 Å². The first-order valence-corrected chi connectivity index (χ1v) is 19.8. The number of nitrogens with one attached hydrogen (secondary N) is 1. The third-order valence-electron chi connectivity index (χ3n) is 16.5. The largest absolute Gasteiger partial charge is 0.481 e. The van der Waals surface area contributed by atoms with Crippen LogP contribution in [-0.4, -0.2) is 41.5 Å². The molecular formula is C42H67NO5. The Balaban J connectivity index is 1.26. The number of carboxylic acid groups (broad SMARTS) is 1. The number of fused-ring (bicyclic) bond motifs is 7. The molecule has 5 saturated carbocycles. The van der Waals surface area contributed by atoms with E-state index in [0.29, 0.717) is 42.0 Å². The van der Waals surface area contributed by atoms with Crippen LogP contribution >= 0.6 is 0 Å². The number of Topliss-reactive ketones (excluding diaryl/α,β-unsaturated/α-hetero) is 1. The average Bonchev–Trinajstić information content (AvgIpc) is 3.66. The maximum Gasteiger partial charge on any atom is 0.309 e. The summed E-state index contributed by atoms with van der Waals surface area (Å²) in [5, 5.41) is 13.3. The van der Waals surface area contributed by atoms with Crippen LogP contribution in [0.1, 0.15) is 159 Å². The number of ether oxygens (including phenoxy) is 1. The van der Waals surface area contributed by atoms with Crippen molar-refractivity contribution >= 4 is 17.7 Å². The summed E-state index contributed by atoms with van der Waals surface area (Å²) in [5.41, 5.74) is 2.10. The van der Waals surface area contributed by atoms with Gasteiger partial charge in [-0.25, -0.2) is 0 Å². The molecule has 6 rings (SSSR count). The molecule has 6 nitrogen and oxygen atoms in total. The fraction of sp³-hybridized carbons (Fsp3) is 0.881. The number of aliphatic carboxylic acids is 1. The Kier molecular flexibility index (Phi) is 9.20. The van der Waals surface area contributed by atoms with Crippen LogP contribution in [-0.2, 0) is 19.1 Å². The molecule has 0 aromatic rings. The maximum absolute atomic E-state index is 14.4. The molecule has 0 aliphatic heterocycles. The highest BCUT2D eigenvalue weighted by Crippen LogP contribution is 2.77. The molecule has 5 fully saturated rings. The zero-order chi connectivity index (χ0) is 35.1. The van der Waals surface area contributed by atoms with Crippen LogP contribution in [0, 0.1) is 56.2 Å². The normalized spacial score (nSPS) is 41.0. The molecule has 0 aromatic carbocycles. The number of ketones is 1. The number of carbonyl (C=O) groups is 3. The van der Waals surface area contributed by atoms with E-state index in [4.69, 9.17) is 4.74 Å². The topological polar surface area (TPSA) is 92.7 Å². The number of hydrogen-bond donors (Lipinski definition) is 2. The quantitative estimate of drug-likeness (QED) is 0.188. The molecule has 2 N–H and O–H groups in total. The zero-order valence-corrected chi connectivity index (χ0v) is 31.9. The third kappa shape index (κ3) is 5.38. The van der Waals surface area contributed by atoms with Crippen molar-refractivity contribution in [3.63, 3.8) is 0 Å². The van der Waals surface area contributed by atoms with E-state index in [1.54, 1.807) is 25.0 Å². The highest BCUT2D eigenvalue weighted by atomic mass is 16.5. The van der Waals surface area contributed by atoms with Crippen molar-refractivity contribution in [1.29, 1.82) is 0 Å². The van der Waals surface area contributed by atoms with E-state index in [-0.39, 0.29) is 45.6 Å². The lowest BCUT2D eigenvalue weighted by molar-refractivity contribution is -0.233. The molecule has 0 aromatic heterocycles. The summed E-state index contributed by atoms with van der Waals surface area (Å²) in [4.78, 5) is 39.2. The van der Waals surface area contributed by atoms with Gasteiger partial charge in [0.25, 0.3) is 0 Å². The summed E-state index contributed by atoms with van der Waals surface area (Å²) in [5.74, 6) is 1.11. The van der Waals surface area contributed by atoms with E-state index in [9.17, 15) is 19.5 Å². The number of rotatable bonds is 9. The van der Waals surface area contributed by atoms with Gasteiger partial charge in [-0.3, -0.25) is 14.4 Å². The van der Waals surface area contributed by atoms with E-state index in [0.717, 1.165) is 44.9 Å². The smallest absolute Gasteiger partial charge is 0.309 e. The highest BCUT2D eigenvalue weighted by molar-refractivity contribution is 5.91. The van der Waals surface area contributed by atoms with Crippen LogP contribution in [0.3, 0.4) is 0 Å². The van der Waals surface area contributed by atoms with Crippen LogP contribution in [0.5, 0.6) is 0 Å². The van der Waals surface area contributed by atoms with Crippen molar-refractivity contribution in [3.8, 4) is 0 Å². The maximum atomic E-state index is 14.4. The van der Waals surface area contributed by atoms with E-state index >= 15 is 0 Å². The molecule has 6 aliphatic rings. The predicted octanol–water partition coefficient (Wildman–Crippen LogP) is 9.30. The lowest BCUT2D eigenvalue weighted by atomic mass is 9.33. The minimum atomic E-state index is -1.13. The molecule has 0 saturated heterocycles. The minimum Gasteiger partial charge on any atom is -0.481 e. The van der Waals surface area contributed by atoms with E-state index in [1.165, 1.54) is 44.9 Å². The van der Waals surface area contributed by atoms with Crippen molar-refractivity contribution in [3.05, 3.63) is 11.1 Å². The molecule has 6 heteroatoms. The van der Waals surface area contributed by atoms with E-state index in [2.05, 4.69) is 53.8 Å². The summed E-state index contributed by atoms with van der Waals surface area (Å²) in [6.07, 6.45) is 15.5. The molecule has 270 valence electrons. The van der Waals surface area contributed by atoms with Gasteiger partial charge in [0.1, 0.15) is 6.10 Å². The van der Waals surface area contributed by atoms with Crippen molar-refractivity contribution in [1.82, 2.24) is 5.32 Å². The summed E-state index contributed by atoms with van der Waals surface area (Å²) in [6, 6.07) is 0.516. The molecule has 0 heterocycles. The first kappa shape index (κ1) is 36.1. The Morgan fingerprint density at radius 2 is 1.54 bits per heavy atom. The fourth-order valence-electron chi connectivity index (χ4n) is 13.5. The first-order chi connectivity index (χ1) is 22.3. The Bertz CT molecular complexity index is 1340. The minimum absolute atomic E-state index is 0.105. The van der Waals surface area contributed by atoms with Crippen LogP contribution in [0.15, 0.2) is 11.1 Å². The SMILES string of the molecule is CC(C)C1=C2C3CCC4C5(C)CCC(OC(=O)CC(C)(C)C(=O)O)C(C)(C)C5CCC4(C)C3(C)CCC2(C(=O)CNC2CCCC2)CC1. The van der Waals surface area contributed by atoms with E-state index < -0.39 is 11.4 Å². The fourth-order valence-corrected chi connectivity index (χ4v) is 13.5. The molecule has 6 aliphatic carbocycles. The second-order valence-corrected chi connectivity index (χ2v) is 19.8. The Morgan fingerprint density at radius 3 is 2.19 bits per heavy atom. The number of carboxylic acids is 1. The molecule has 8 atom stereocenters. The van der Waals surface area contributed by atoms with Gasteiger partial charge in [0.15, 0.2) is 5.78 Å². The number of carbonyl (C=O) groups excluding carboxylic acids is 2. The number of allylic oxidation sites excluding steroid dienone is 2. The highest BCUT2D eigenvalue weighted by Gasteiger charge is 2.70. The lowest BCUT2D eigenvalue weighted by Crippen LogP contribution is -2.66.